The number of nitrogens with two attached hydrogens (primary N) is 1. The molecule has 16 heteroatoms. The normalized spacial score (nSPS) is 10.2. The summed E-state index contributed by atoms with van der Waals surface area (Å²) < 4.78 is 5.25. The third-order valence-corrected chi connectivity index (χ3v) is 9.57. The first-order valence-electron chi connectivity index (χ1n) is 18.3. The number of hydrogen-bond donors (Lipinski definition) is 2. The fourth-order valence-electron chi connectivity index (χ4n) is 5.96. The predicted molar refractivity (Wildman–Crippen MR) is 237 cm³/mol. The number of pyridine rings is 2. The van der Waals surface area contributed by atoms with Crippen LogP contribution >= 0.6 is 23.2 Å². The molecular formula is C45H32BCl2N5O7U. The minimum Gasteiger partial charge on any atom is -0.478 e. The Balaban J connectivity index is 0.000000220. The number of para-hydroxylation sites is 2. The molecule has 0 bridgehead atoms. The zero-order chi connectivity index (χ0) is 44.1. The molecule has 0 amide bonds. The molecule has 0 saturated heterocycles. The maximum atomic E-state index is 13.2. The first-order chi connectivity index (χ1) is 29.4. The Kier molecular flexibility index (Phi) is 16.3. The van der Waals surface area contributed by atoms with Gasteiger partial charge in [0.2, 0.25) is 0 Å². The second kappa shape index (κ2) is 21.7. The number of halogens is 2. The van der Waals surface area contributed by atoms with Gasteiger partial charge in [-0.3, -0.25) is 25.0 Å². The van der Waals surface area contributed by atoms with Crippen molar-refractivity contribution in [3.8, 4) is 22.5 Å². The number of carbonyl (C=O) groups is 2. The summed E-state index contributed by atoms with van der Waals surface area (Å²) in [5, 5.41) is 32.2. The summed E-state index contributed by atoms with van der Waals surface area (Å²) in [6.45, 7) is 0. The van der Waals surface area contributed by atoms with Gasteiger partial charge in [0.25, 0.3) is 11.4 Å². The average Bonchev–Trinajstić information content (AvgIpc) is 3.28. The summed E-state index contributed by atoms with van der Waals surface area (Å²) in [4.78, 5) is 53.8. The molecule has 8 aromatic rings. The van der Waals surface area contributed by atoms with E-state index in [4.69, 9.17) is 35.3 Å². The molecule has 8 rings (SSSR count). The van der Waals surface area contributed by atoms with Gasteiger partial charge in [-0.05, 0) is 37.2 Å². The minimum atomic E-state index is -0.934. The van der Waals surface area contributed by atoms with Crippen molar-refractivity contribution in [1.29, 1.82) is 1.34 Å². The van der Waals surface area contributed by atoms with E-state index in [9.17, 15) is 34.9 Å². The van der Waals surface area contributed by atoms with Crippen molar-refractivity contribution in [2.24, 2.45) is 0 Å². The van der Waals surface area contributed by atoms with Gasteiger partial charge in [0.1, 0.15) is 0 Å². The molecule has 2 radical (unpaired) electrons. The Morgan fingerprint density at radius 3 is 1.51 bits per heavy atom. The standard InChI is InChI=1S/C23H15ClN2O3.C16H11NO2.C6H5ClN2O2.BH.U/c24-20-13-17(26(28)29)11-10-16(20)12-23(27)19-14-22(15-6-2-1-3-7-15)25-21-9-5-4-8-18(19)21;18-16(19)13-10-15(11-6-2-1-3-7-11)17-14-9-5-4-8-12(13)14;7-5-3-4(9(10)11)1-2-6(5)8;;/h1-11,13-14H,12H2;1-10H,(H,18,19);1-3H,8H2;1H;/i;;;1T;. The molecule has 0 saturated carbocycles. The smallest absolute Gasteiger partial charge is 0.336 e. The molecule has 0 fully saturated rings. The number of aromatic carboxylic acids is 1. The molecule has 0 aliphatic heterocycles. The van der Waals surface area contributed by atoms with Gasteiger partial charge in [0.15, 0.2) is 5.78 Å². The molecule has 2 aromatic heterocycles. The Hall–Kier alpha value is -6.42. The van der Waals surface area contributed by atoms with Crippen LogP contribution in [0.4, 0.5) is 17.1 Å². The Morgan fingerprint density at radius 1 is 0.623 bits per heavy atom. The van der Waals surface area contributed by atoms with E-state index in [1.54, 1.807) is 18.2 Å². The maximum absolute atomic E-state index is 13.2. The SMILES string of the molecule is Nc1ccc([N+](=O)[O-])cc1Cl.O=C(Cc1ccc([N+](=O)[O-])cc1Cl)c1cc(-c2ccccc2)nc2ccccc12.O=C(O)c1cc(-c2ccccc2)nc2ccccc12.[3H][B].[U]. The number of anilines is 1. The second-order valence-electron chi connectivity index (χ2n) is 12.8. The Bertz CT molecular complexity index is 2880. The molecule has 0 spiro atoms. The van der Waals surface area contributed by atoms with Crippen LogP contribution in [0.1, 0.15) is 26.3 Å². The topological polar surface area (TPSA) is 192 Å². The van der Waals surface area contributed by atoms with E-state index >= 15 is 0 Å². The largest absolute Gasteiger partial charge is 0.478 e. The maximum Gasteiger partial charge on any atom is 0.336 e. The number of Topliss-reactive ketones (excluding diaryl/α,β-unsaturated/α-hetero) is 1. The quantitative estimate of drug-likeness (QED) is 0.0486. The van der Waals surface area contributed by atoms with Crippen molar-refractivity contribution in [1.82, 2.24) is 9.97 Å². The molecular weight excluding hydrogens is 1040 g/mol. The van der Waals surface area contributed by atoms with Crippen LogP contribution < -0.4 is 5.73 Å². The van der Waals surface area contributed by atoms with Crippen LogP contribution in [-0.2, 0) is 6.42 Å². The van der Waals surface area contributed by atoms with Gasteiger partial charge in [0.05, 0.1) is 53.6 Å². The summed E-state index contributed by atoms with van der Waals surface area (Å²) in [5.41, 5.74) is 11.5. The van der Waals surface area contributed by atoms with Crippen molar-refractivity contribution in [2.45, 2.75) is 6.42 Å². The minimum absolute atomic E-state index is 0. The number of carbonyl (C=O) groups excluding carboxylic acids is 1. The van der Waals surface area contributed by atoms with Crippen molar-refractivity contribution in [3.05, 3.63) is 205 Å². The van der Waals surface area contributed by atoms with E-state index in [0.717, 1.165) is 22.0 Å². The van der Waals surface area contributed by atoms with Gasteiger partial charge in [-0.2, -0.15) is 0 Å². The number of aromatic nitrogens is 2. The van der Waals surface area contributed by atoms with E-state index < -0.39 is 15.8 Å². The molecule has 300 valence electrons. The van der Waals surface area contributed by atoms with Crippen LogP contribution in [-0.4, -0.2) is 46.4 Å². The van der Waals surface area contributed by atoms with Crippen LogP contribution in [0.2, 0.25) is 10.0 Å². The number of nitrogens with zero attached hydrogens (tertiary/aromatic N) is 4. The summed E-state index contributed by atoms with van der Waals surface area (Å²) in [6, 6.07) is 45.5. The van der Waals surface area contributed by atoms with Gasteiger partial charge >= 0.3 is 5.97 Å². The van der Waals surface area contributed by atoms with Gasteiger partial charge < -0.3 is 10.8 Å². The van der Waals surface area contributed by atoms with Gasteiger partial charge in [-0.25, -0.2) is 14.8 Å². The van der Waals surface area contributed by atoms with Crippen molar-refractivity contribution >= 4 is 82.2 Å². The van der Waals surface area contributed by atoms with E-state index in [0.29, 0.717) is 39.1 Å². The van der Waals surface area contributed by atoms with Gasteiger partial charge in [-0.15, -0.1) is 0 Å². The first-order valence-corrected chi connectivity index (χ1v) is 18.4. The fraction of sp³-hybridized carbons (Fsp3) is 0.0222. The number of non-ortho nitro benzene ring substituents is 2. The number of nitro benzene ring substituents is 2. The fourth-order valence-corrected chi connectivity index (χ4v) is 6.38. The summed E-state index contributed by atoms with van der Waals surface area (Å²) in [7, 11) is 3.75. The van der Waals surface area contributed by atoms with Gasteiger partial charge in [0, 0.05) is 97.6 Å². The number of ketones is 1. The number of hydrogen-bond acceptors (Lipinski definition) is 9. The molecule has 0 aliphatic rings. The summed E-state index contributed by atoms with van der Waals surface area (Å²) in [6.07, 6.45) is 0.0407. The van der Waals surface area contributed by atoms with Crippen LogP contribution in [0.25, 0.3) is 44.3 Å². The van der Waals surface area contributed by atoms with E-state index in [1.807, 2.05) is 103 Å². The number of benzene rings is 6. The third kappa shape index (κ3) is 11.9. The van der Waals surface area contributed by atoms with Crippen LogP contribution in [0.3, 0.4) is 0 Å². The molecule has 6 aromatic carbocycles. The molecule has 0 aliphatic carbocycles. The molecule has 2 heterocycles. The zero-order valence-corrected chi connectivity index (χ0v) is 37.5. The van der Waals surface area contributed by atoms with Crippen molar-refractivity contribution in [2.75, 3.05) is 5.73 Å². The summed E-state index contributed by atoms with van der Waals surface area (Å²) in [5.74, 6) is -1.06. The average molecular weight is 1080 g/mol. The molecule has 12 nitrogen and oxygen atoms in total. The second-order valence-corrected chi connectivity index (χ2v) is 13.6. The third-order valence-electron chi connectivity index (χ3n) is 8.90. The summed E-state index contributed by atoms with van der Waals surface area (Å²) >= 11 is 11.7. The number of carboxylic acids is 1. The van der Waals surface area contributed by atoms with E-state index in [-0.39, 0.29) is 70.3 Å². The molecule has 0 atom stereocenters. The van der Waals surface area contributed by atoms with E-state index in [1.165, 1.54) is 36.4 Å². The van der Waals surface area contributed by atoms with Crippen molar-refractivity contribution < 1.29 is 55.7 Å². The van der Waals surface area contributed by atoms with Crippen LogP contribution in [0.5, 0.6) is 0 Å². The number of fused-ring (bicyclic) bond motifs is 2. The molecule has 61 heavy (non-hydrogen) atoms. The first kappa shape index (κ1) is 45.7. The van der Waals surface area contributed by atoms with Crippen molar-refractivity contribution in [3.63, 3.8) is 0 Å². The molecule has 3 N–H and O–H groups in total. The zero-order valence-electron chi connectivity index (χ0n) is 32.8. The number of rotatable bonds is 8. The van der Waals surface area contributed by atoms with Crippen LogP contribution in [0, 0.1) is 51.3 Å². The predicted octanol–water partition coefficient (Wildman–Crippen LogP) is 10.7. The monoisotopic (exact) mass is 1080 g/mol. The number of nitrogen functional groups attached to an aromatic ring is 1. The van der Waals surface area contributed by atoms with E-state index in [2.05, 4.69) is 13.4 Å². The Labute approximate surface area is 386 Å². The number of carboxylic acid groups (broad SMARTS) is 1. The Morgan fingerprint density at radius 2 is 1.05 bits per heavy atom. The van der Waals surface area contributed by atoms with Gasteiger partial charge in [-0.1, -0.05) is 126 Å². The molecule has 0 unspecified atom stereocenters. The van der Waals surface area contributed by atoms with Crippen LogP contribution in [0.15, 0.2) is 158 Å². The number of nitro groups is 2.